The van der Waals surface area contributed by atoms with Gasteiger partial charge in [0.1, 0.15) is 0 Å². The highest BCUT2D eigenvalue weighted by Crippen LogP contribution is 2.64. The normalized spacial score (nSPS) is 24.5. The van der Waals surface area contributed by atoms with E-state index in [1.807, 2.05) is 111 Å². The molecular weight excluding hydrogens is 560 g/mol. The Bertz CT molecular complexity index is 1690. The van der Waals surface area contributed by atoms with Gasteiger partial charge in [-0.3, -0.25) is 24.5 Å². The molecule has 1 aliphatic heterocycles. The van der Waals surface area contributed by atoms with Crippen molar-refractivity contribution in [3.63, 3.8) is 0 Å². The van der Waals surface area contributed by atoms with Crippen molar-refractivity contribution >= 4 is 17.4 Å². The molecule has 7 rings (SSSR count). The van der Waals surface area contributed by atoms with Gasteiger partial charge in [0.15, 0.2) is 5.60 Å². The van der Waals surface area contributed by atoms with Gasteiger partial charge in [0.2, 0.25) is 11.8 Å². The standard InChI is InChI=1S/C38H36N4O3/c1-41(2)22-13-23-42-36(43)33-27-24-28(38(45,26-16-7-4-8-17-26)30-19-10-12-21-40-30)34(35(33)37(42)44)32(27)31(25-14-5-3-6-15-25)29-18-9-11-20-39-29/h3-12,14-21,24,27,33-35,45H,13,22-23H2,1-2H3. The summed E-state index contributed by atoms with van der Waals surface area (Å²) >= 11 is 0. The van der Waals surface area contributed by atoms with Crippen LogP contribution in [0.1, 0.15) is 28.9 Å². The van der Waals surface area contributed by atoms with Gasteiger partial charge in [0.25, 0.3) is 0 Å². The van der Waals surface area contributed by atoms with E-state index in [1.54, 1.807) is 12.4 Å². The first-order valence-corrected chi connectivity index (χ1v) is 15.5. The Morgan fingerprint density at radius 3 is 2.11 bits per heavy atom. The van der Waals surface area contributed by atoms with Crippen LogP contribution >= 0.6 is 0 Å². The Hall–Kier alpha value is -4.72. The van der Waals surface area contributed by atoms with Crippen LogP contribution in [0, 0.1) is 23.7 Å². The molecule has 0 spiro atoms. The Labute approximate surface area is 263 Å². The van der Waals surface area contributed by atoms with E-state index in [-0.39, 0.29) is 17.7 Å². The molecule has 226 valence electrons. The number of hydrogen-bond donors (Lipinski definition) is 1. The maximum Gasteiger partial charge on any atom is 0.234 e. The fourth-order valence-electron chi connectivity index (χ4n) is 7.68. The average Bonchev–Trinajstić information content (AvgIpc) is 3.69. The van der Waals surface area contributed by atoms with Gasteiger partial charge in [0, 0.05) is 36.3 Å². The van der Waals surface area contributed by atoms with Crippen molar-refractivity contribution < 1.29 is 14.7 Å². The number of imide groups is 1. The number of fused-ring (bicyclic) bond motifs is 5. The smallest absolute Gasteiger partial charge is 0.234 e. The van der Waals surface area contributed by atoms with Crippen molar-refractivity contribution in [1.29, 1.82) is 0 Å². The second kappa shape index (κ2) is 11.7. The van der Waals surface area contributed by atoms with Crippen LogP contribution in [0.3, 0.4) is 0 Å². The van der Waals surface area contributed by atoms with E-state index in [4.69, 9.17) is 4.98 Å². The first-order valence-electron chi connectivity index (χ1n) is 15.5. The summed E-state index contributed by atoms with van der Waals surface area (Å²) in [5.74, 6) is -2.37. The van der Waals surface area contributed by atoms with Gasteiger partial charge < -0.3 is 10.0 Å². The van der Waals surface area contributed by atoms with E-state index in [1.165, 1.54) is 4.90 Å². The fraction of sp³-hybridized carbons (Fsp3) is 0.263. The van der Waals surface area contributed by atoms with Gasteiger partial charge in [-0.15, -0.1) is 0 Å². The van der Waals surface area contributed by atoms with Gasteiger partial charge in [-0.1, -0.05) is 78.9 Å². The number of allylic oxidation sites excluding steroid dienone is 2. The van der Waals surface area contributed by atoms with Crippen LogP contribution in [-0.4, -0.2) is 63.9 Å². The number of hydrogen-bond acceptors (Lipinski definition) is 6. The molecule has 2 aromatic heterocycles. The number of amides is 2. The molecular formula is C38H36N4O3. The number of carbonyl (C=O) groups excluding carboxylic acids is 2. The van der Waals surface area contributed by atoms with Gasteiger partial charge in [0.05, 0.1) is 23.2 Å². The largest absolute Gasteiger partial charge is 0.375 e. The molecule has 2 amide bonds. The molecule has 7 heteroatoms. The van der Waals surface area contributed by atoms with Crippen LogP contribution in [0.2, 0.25) is 0 Å². The number of nitrogens with zero attached hydrogens (tertiary/aromatic N) is 4. The van der Waals surface area contributed by atoms with Crippen molar-refractivity contribution in [2.75, 3.05) is 27.2 Å². The summed E-state index contributed by atoms with van der Waals surface area (Å²) in [6, 6.07) is 30.9. The number of benzene rings is 2. The zero-order valence-corrected chi connectivity index (χ0v) is 25.5. The lowest BCUT2D eigenvalue weighted by molar-refractivity contribution is -0.140. The molecule has 7 nitrogen and oxygen atoms in total. The minimum absolute atomic E-state index is 0.126. The number of likely N-dealkylation sites (tertiary alicyclic amines) is 1. The third-order valence-electron chi connectivity index (χ3n) is 9.53. The number of pyridine rings is 2. The summed E-state index contributed by atoms with van der Waals surface area (Å²) in [6.45, 7) is 1.16. The van der Waals surface area contributed by atoms with Crippen molar-refractivity contribution in [3.8, 4) is 0 Å². The van der Waals surface area contributed by atoms with E-state index in [2.05, 4.69) is 16.0 Å². The monoisotopic (exact) mass is 596 g/mol. The lowest BCUT2D eigenvalue weighted by Gasteiger charge is -2.36. The Kier molecular flexibility index (Phi) is 7.51. The van der Waals surface area contributed by atoms with Crippen LogP contribution in [0.25, 0.3) is 5.57 Å². The van der Waals surface area contributed by atoms with Crippen molar-refractivity contribution in [1.82, 2.24) is 19.8 Å². The van der Waals surface area contributed by atoms with Crippen LogP contribution in [0.15, 0.2) is 127 Å². The summed E-state index contributed by atoms with van der Waals surface area (Å²) in [5, 5.41) is 13.0. The lowest BCUT2D eigenvalue weighted by atomic mass is 9.71. The van der Waals surface area contributed by atoms with Crippen LogP contribution in [0.5, 0.6) is 0 Å². The lowest BCUT2D eigenvalue weighted by Crippen LogP contribution is -2.39. The Morgan fingerprint density at radius 2 is 1.47 bits per heavy atom. The average molecular weight is 597 g/mol. The predicted octanol–water partition coefficient (Wildman–Crippen LogP) is 4.95. The minimum Gasteiger partial charge on any atom is -0.375 e. The zero-order chi connectivity index (χ0) is 31.1. The maximum atomic E-state index is 14.4. The highest BCUT2D eigenvalue weighted by molar-refractivity contribution is 6.08. The highest BCUT2D eigenvalue weighted by atomic mass is 16.3. The number of carbonyl (C=O) groups is 2. The van der Waals surface area contributed by atoms with E-state index >= 15 is 0 Å². The minimum atomic E-state index is -1.62. The molecule has 0 radical (unpaired) electrons. The van der Waals surface area contributed by atoms with Crippen molar-refractivity contribution in [3.05, 3.63) is 149 Å². The number of aliphatic hydroxyl groups is 1. The first kappa shape index (κ1) is 29.0. The molecule has 2 aromatic carbocycles. The Balaban J connectivity index is 1.45. The zero-order valence-electron chi connectivity index (χ0n) is 25.5. The number of rotatable bonds is 9. The molecule has 4 aromatic rings. The summed E-state index contributed by atoms with van der Waals surface area (Å²) in [4.78, 5) is 41.5. The fourth-order valence-corrected chi connectivity index (χ4v) is 7.68. The van der Waals surface area contributed by atoms with Crippen molar-refractivity contribution in [2.24, 2.45) is 23.7 Å². The maximum absolute atomic E-state index is 14.4. The topological polar surface area (TPSA) is 86.6 Å². The SMILES string of the molecule is CN(C)CCCN1C(=O)C2C3C=C(C(O)(c4ccccc4)c4ccccn4)C(C3=C(c3ccccc3)c3ccccn3)C2C1=O. The molecule has 2 aliphatic carbocycles. The molecule has 3 heterocycles. The number of aromatic nitrogens is 2. The summed E-state index contributed by atoms with van der Waals surface area (Å²) < 4.78 is 0. The van der Waals surface area contributed by atoms with Gasteiger partial charge in [-0.25, -0.2) is 0 Å². The van der Waals surface area contributed by atoms with Crippen LogP contribution in [0.4, 0.5) is 0 Å². The van der Waals surface area contributed by atoms with E-state index in [9.17, 15) is 14.7 Å². The van der Waals surface area contributed by atoms with Gasteiger partial charge in [-0.05, 0) is 73.6 Å². The third kappa shape index (κ3) is 4.74. The summed E-state index contributed by atoms with van der Waals surface area (Å²) in [5.41, 5.74) is 3.81. The Morgan fingerprint density at radius 1 is 0.822 bits per heavy atom. The molecule has 2 fully saturated rings. The predicted molar refractivity (Wildman–Crippen MR) is 172 cm³/mol. The van der Waals surface area contributed by atoms with Crippen LogP contribution < -0.4 is 0 Å². The van der Waals surface area contributed by atoms with Gasteiger partial charge >= 0.3 is 0 Å². The summed E-state index contributed by atoms with van der Waals surface area (Å²) in [7, 11) is 3.97. The van der Waals surface area contributed by atoms with E-state index in [0.717, 1.165) is 28.9 Å². The third-order valence-corrected chi connectivity index (χ3v) is 9.53. The quantitative estimate of drug-likeness (QED) is 0.217. The molecule has 45 heavy (non-hydrogen) atoms. The molecule has 1 N–H and O–H groups in total. The molecule has 5 atom stereocenters. The first-order chi connectivity index (χ1) is 21.9. The van der Waals surface area contributed by atoms with Crippen molar-refractivity contribution in [2.45, 2.75) is 12.0 Å². The molecule has 3 aliphatic rings. The molecule has 1 saturated heterocycles. The molecule has 2 bridgehead atoms. The van der Waals surface area contributed by atoms with Gasteiger partial charge in [-0.2, -0.15) is 0 Å². The van der Waals surface area contributed by atoms with E-state index < -0.39 is 23.4 Å². The second-order valence-corrected chi connectivity index (χ2v) is 12.4. The summed E-state index contributed by atoms with van der Waals surface area (Å²) in [6.07, 6.45) is 6.20. The highest BCUT2D eigenvalue weighted by Gasteiger charge is 2.66. The molecule has 5 unspecified atom stereocenters. The second-order valence-electron chi connectivity index (χ2n) is 12.4. The van der Waals surface area contributed by atoms with E-state index in [0.29, 0.717) is 29.8 Å². The molecule has 1 saturated carbocycles. The van der Waals surface area contributed by atoms with Crippen LogP contribution in [-0.2, 0) is 15.2 Å².